The average molecular weight is 225 g/mol. The predicted octanol–water partition coefficient (Wildman–Crippen LogP) is 2.18. The summed E-state index contributed by atoms with van der Waals surface area (Å²) in [7, 11) is 1.99. The number of rotatable bonds is 5. The van der Waals surface area contributed by atoms with Crippen molar-refractivity contribution in [2.75, 3.05) is 12.8 Å². The predicted molar refractivity (Wildman–Crippen MR) is 65.4 cm³/mol. The zero-order chi connectivity index (χ0) is 11.3. The Morgan fingerprint density at radius 2 is 1.93 bits per heavy atom. The zero-order valence-corrected chi connectivity index (χ0v) is 10.7. The minimum Gasteiger partial charge on any atom is -0.317 e. The molecule has 0 aromatic carbocycles. The van der Waals surface area contributed by atoms with Gasteiger partial charge in [-0.25, -0.2) is 9.97 Å². The minimum absolute atomic E-state index is 0.559. The zero-order valence-electron chi connectivity index (χ0n) is 9.87. The highest BCUT2D eigenvalue weighted by Gasteiger charge is 2.02. The fourth-order valence-corrected chi connectivity index (χ4v) is 2.30. The highest BCUT2D eigenvalue weighted by Crippen LogP contribution is 2.15. The molecule has 1 atom stereocenters. The highest BCUT2D eigenvalue weighted by molar-refractivity contribution is 7.99. The molecule has 4 heteroatoms. The number of hydrogen-bond acceptors (Lipinski definition) is 4. The van der Waals surface area contributed by atoms with E-state index in [1.165, 1.54) is 0 Å². The lowest BCUT2D eigenvalue weighted by Crippen LogP contribution is -2.21. The summed E-state index contributed by atoms with van der Waals surface area (Å²) < 4.78 is 0. The van der Waals surface area contributed by atoms with E-state index >= 15 is 0 Å². The van der Waals surface area contributed by atoms with Crippen molar-refractivity contribution in [3.05, 3.63) is 17.5 Å². The Labute approximate surface area is 96.1 Å². The second kappa shape index (κ2) is 6.08. The standard InChI is InChI=1S/C11H19N3S/c1-8(12-4)5-6-15-11-13-9(2)7-10(3)14-11/h7-8,12H,5-6H2,1-4H3. The normalized spacial score (nSPS) is 12.8. The van der Waals surface area contributed by atoms with Gasteiger partial charge in [-0.05, 0) is 40.3 Å². The molecule has 3 nitrogen and oxygen atoms in total. The summed E-state index contributed by atoms with van der Waals surface area (Å²) in [6.07, 6.45) is 1.14. The lowest BCUT2D eigenvalue weighted by Gasteiger charge is -2.08. The van der Waals surface area contributed by atoms with Crippen LogP contribution >= 0.6 is 11.8 Å². The van der Waals surface area contributed by atoms with Crippen molar-refractivity contribution >= 4 is 11.8 Å². The van der Waals surface area contributed by atoms with Gasteiger partial charge in [0.25, 0.3) is 0 Å². The lowest BCUT2D eigenvalue weighted by molar-refractivity contribution is 0.597. The van der Waals surface area contributed by atoms with Crippen LogP contribution in [0.3, 0.4) is 0 Å². The van der Waals surface area contributed by atoms with Gasteiger partial charge in [0.15, 0.2) is 5.16 Å². The van der Waals surface area contributed by atoms with E-state index < -0.39 is 0 Å². The molecule has 15 heavy (non-hydrogen) atoms. The molecule has 0 radical (unpaired) electrons. The van der Waals surface area contributed by atoms with Crippen molar-refractivity contribution in [3.63, 3.8) is 0 Å². The molecule has 0 fully saturated rings. The highest BCUT2D eigenvalue weighted by atomic mass is 32.2. The second-order valence-electron chi connectivity index (χ2n) is 3.76. The Hall–Kier alpha value is -0.610. The maximum absolute atomic E-state index is 4.39. The van der Waals surface area contributed by atoms with Crippen LogP contribution in [0.25, 0.3) is 0 Å². The van der Waals surface area contributed by atoms with Crippen LogP contribution in [-0.2, 0) is 0 Å². The van der Waals surface area contributed by atoms with Crippen LogP contribution in [-0.4, -0.2) is 28.8 Å². The third-order valence-electron chi connectivity index (χ3n) is 2.24. The molecule has 0 saturated carbocycles. The Balaban J connectivity index is 2.43. The summed E-state index contributed by atoms with van der Waals surface area (Å²) in [4.78, 5) is 8.78. The number of aryl methyl sites for hydroxylation is 2. The number of nitrogens with one attached hydrogen (secondary N) is 1. The molecule has 1 aromatic heterocycles. The number of aromatic nitrogens is 2. The SMILES string of the molecule is CNC(C)CCSc1nc(C)cc(C)n1. The molecule has 1 aromatic rings. The fraction of sp³-hybridized carbons (Fsp3) is 0.636. The molecule has 0 amide bonds. The molecule has 0 aliphatic rings. The van der Waals surface area contributed by atoms with Gasteiger partial charge in [-0.2, -0.15) is 0 Å². The van der Waals surface area contributed by atoms with Crippen LogP contribution in [0.15, 0.2) is 11.2 Å². The third kappa shape index (κ3) is 4.62. The molecule has 1 unspecified atom stereocenters. The summed E-state index contributed by atoms with van der Waals surface area (Å²) in [5, 5.41) is 4.12. The second-order valence-corrected chi connectivity index (χ2v) is 4.82. The van der Waals surface area contributed by atoms with Crippen molar-refractivity contribution in [2.45, 2.75) is 38.4 Å². The summed E-state index contributed by atoms with van der Waals surface area (Å²) in [5.41, 5.74) is 2.10. The summed E-state index contributed by atoms with van der Waals surface area (Å²) in [6, 6.07) is 2.56. The van der Waals surface area contributed by atoms with Gasteiger partial charge in [-0.1, -0.05) is 11.8 Å². The van der Waals surface area contributed by atoms with Crippen LogP contribution in [0, 0.1) is 13.8 Å². The van der Waals surface area contributed by atoms with Crippen molar-refractivity contribution in [3.8, 4) is 0 Å². The van der Waals surface area contributed by atoms with Gasteiger partial charge in [0.1, 0.15) is 0 Å². The fourth-order valence-electron chi connectivity index (χ4n) is 1.23. The Morgan fingerprint density at radius 1 is 1.33 bits per heavy atom. The van der Waals surface area contributed by atoms with E-state index in [9.17, 15) is 0 Å². The van der Waals surface area contributed by atoms with Gasteiger partial charge < -0.3 is 5.32 Å². The van der Waals surface area contributed by atoms with Gasteiger partial charge in [0.05, 0.1) is 0 Å². The molecule has 1 heterocycles. The monoisotopic (exact) mass is 225 g/mol. The van der Waals surface area contributed by atoms with Gasteiger partial charge in [0.2, 0.25) is 0 Å². The number of thioether (sulfide) groups is 1. The molecule has 0 aliphatic heterocycles. The molecular weight excluding hydrogens is 206 g/mol. The van der Waals surface area contributed by atoms with E-state index in [4.69, 9.17) is 0 Å². The largest absolute Gasteiger partial charge is 0.317 e. The topological polar surface area (TPSA) is 37.8 Å². The Kier molecular flexibility index (Phi) is 5.05. The van der Waals surface area contributed by atoms with Crippen molar-refractivity contribution in [1.29, 1.82) is 0 Å². The number of hydrogen-bond donors (Lipinski definition) is 1. The van der Waals surface area contributed by atoms with Gasteiger partial charge >= 0.3 is 0 Å². The van der Waals surface area contributed by atoms with Crippen molar-refractivity contribution in [2.24, 2.45) is 0 Å². The van der Waals surface area contributed by atoms with E-state index in [1.54, 1.807) is 11.8 Å². The first-order chi connectivity index (χ1) is 7.11. The van der Waals surface area contributed by atoms with Crippen LogP contribution in [0.1, 0.15) is 24.7 Å². The van der Waals surface area contributed by atoms with Gasteiger partial charge in [-0.15, -0.1) is 0 Å². The molecule has 1 rings (SSSR count). The summed E-state index contributed by atoms with van der Waals surface area (Å²) >= 11 is 1.73. The molecule has 84 valence electrons. The maximum Gasteiger partial charge on any atom is 0.187 e. The summed E-state index contributed by atoms with van der Waals surface area (Å²) in [6.45, 7) is 6.20. The smallest absolute Gasteiger partial charge is 0.187 e. The molecular formula is C11H19N3S. The van der Waals surface area contributed by atoms with Crippen molar-refractivity contribution in [1.82, 2.24) is 15.3 Å². The van der Waals surface area contributed by atoms with Gasteiger partial charge in [-0.3, -0.25) is 0 Å². The van der Waals surface area contributed by atoms with E-state index in [2.05, 4.69) is 22.2 Å². The van der Waals surface area contributed by atoms with Gasteiger partial charge in [0, 0.05) is 23.2 Å². The Bertz CT molecular complexity index is 294. The minimum atomic E-state index is 0.559. The Morgan fingerprint density at radius 3 is 2.47 bits per heavy atom. The van der Waals surface area contributed by atoms with Crippen LogP contribution < -0.4 is 5.32 Å². The van der Waals surface area contributed by atoms with E-state index in [-0.39, 0.29) is 0 Å². The average Bonchev–Trinajstić information content (AvgIpc) is 2.16. The van der Waals surface area contributed by atoms with E-state index in [1.807, 2.05) is 27.0 Å². The molecule has 0 aliphatic carbocycles. The summed E-state index contributed by atoms with van der Waals surface area (Å²) in [5.74, 6) is 1.06. The van der Waals surface area contributed by atoms with E-state index in [0.717, 1.165) is 28.7 Å². The maximum atomic E-state index is 4.39. The molecule has 1 N–H and O–H groups in total. The quantitative estimate of drug-likeness (QED) is 0.616. The molecule has 0 spiro atoms. The van der Waals surface area contributed by atoms with Crippen LogP contribution in [0.5, 0.6) is 0 Å². The first kappa shape index (κ1) is 12.5. The number of nitrogens with zero attached hydrogens (tertiary/aromatic N) is 2. The molecule has 0 bridgehead atoms. The third-order valence-corrected chi connectivity index (χ3v) is 3.12. The first-order valence-corrected chi connectivity index (χ1v) is 6.22. The van der Waals surface area contributed by atoms with E-state index in [0.29, 0.717) is 6.04 Å². The molecule has 0 saturated heterocycles. The first-order valence-electron chi connectivity index (χ1n) is 5.24. The van der Waals surface area contributed by atoms with Crippen LogP contribution in [0.4, 0.5) is 0 Å². The lowest BCUT2D eigenvalue weighted by atomic mass is 10.3. The van der Waals surface area contributed by atoms with Crippen molar-refractivity contribution < 1.29 is 0 Å². The van der Waals surface area contributed by atoms with Crippen LogP contribution in [0.2, 0.25) is 0 Å².